The highest BCUT2D eigenvalue weighted by Gasteiger charge is 2.14. The standard InChI is InChI=1S/C12H11Br2N/c1-8(13)12(14)11-7-6-9-4-2-3-5-10(9)15-11/h2-8,12H,1H3. The Morgan fingerprint density at radius 2 is 1.80 bits per heavy atom. The second-order valence-electron chi connectivity index (χ2n) is 3.51. The van der Waals surface area contributed by atoms with Gasteiger partial charge in [0.2, 0.25) is 0 Å². The molecule has 0 aliphatic rings. The molecular weight excluding hydrogens is 318 g/mol. The normalized spacial score (nSPS) is 15.1. The number of hydrogen-bond acceptors (Lipinski definition) is 1. The summed E-state index contributed by atoms with van der Waals surface area (Å²) in [7, 11) is 0. The van der Waals surface area contributed by atoms with Crippen LogP contribution in [-0.2, 0) is 0 Å². The summed E-state index contributed by atoms with van der Waals surface area (Å²) in [6.45, 7) is 2.11. The number of halogens is 2. The molecular formula is C12H11Br2N. The first-order valence-corrected chi connectivity index (χ1v) is 6.65. The lowest BCUT2D eigenvalue weighted by Gasteiger charge is -2.12. The Morgan fingerprint density at radius 3 is 2.53 bits per heavy atom. The molecule has 0 fully saturated rings. The maximum Gasteiger partial charge on any atom is 0.0705 e. The monoisotopic (exact) mass is 327 g/mol. The maximum atomic E-state index is 4.62. The van der Waals surface area contributed by atoms with Gasteiger partial charge in [-0.3, -0.25) is 4.98 Å². The molecule has 2 unspecified atom stereocenters. The first-order chi connectivity index (χ1) is 7.18. The minimum Gasteiger partial charge on any atom is -0.252 e. The minimum absolute atomic E-state index is 0.252. The van der Waals surface area contributed by atoms with E-state index in [-0.39, 0.29) is 4.83 Å². The molecule has 0 aliphatic carbocycles. The summed E-state index contributed by atoms with van der Waals surface area (Å²) >= 11 is 7.18. The summed E-state index contributed by atoms with van der Waals surface area (Å²) in [5.41, 5.74) is 2.12. The van der Waals surface area contributed by atoms with E-state index in [2.05, 4.69) is 62.0 Å². The maximum absolute atomic E-state index is 4.62. The molecule has 3 heteroatoms. The van der Waals surface area contributed by atoms with Gasteiger partial charge in [-0.2, -0.15) is 0 Å². The van der Waals surface area contributed by atoms with Crippen LogP contribution in [0.5, 0.6) is 0 Å². The Hall–Kier alpha value is -0.410. The number of hydrogen-bond donors (Lipinski definition) is 0. The lowest BCUT2D eigenvalue weighted by molar-refractivity contribution is 0.912. The van der Waals surface area contributed by atoms with Crippen molar-refractivity contribution in [3.05, 3.63) is 42.1 Å². The van der Waals surface area contributed by atoms with E-state index in [1.165, 1.54) is 5.39 Å². The predicted molar refractivity (Wildman–Crippen MR) is 71.8 cm³/mol. The molecule has 2 aromatic rings. The van der Waals surface area contributed by atoms with Crippen LogP contribution < -0.4 is 0 Å². The van der Waals surface area contributed by atoms with Crippen LogP contribution in [0.2, 0.25) is 0 Å². The summed E-state index contributed by atoms with van der Waals surface area (Å²) in [6, 6.07) is 12.3. The van der Waals surface area contributed by atoms with Gasteiger partial charge in [0.1, 0.15) is 0 Å². The zero-order valence-electron chi connectivity index (χ0n) is 8.32. The van der Waals surface area contributed by atoms with Crippen molar-refractivity contribution in [1.29, 1.82) is 0 Å². The fourth-order valence-corrected chi connectivity index (χ4v) is 2.00. The molecule has 1 nitrogen and oxygen atoms in total. The van der Waals surface area contributed by atoms with Gasteiger partial charge in [-0.05, 0) is 12.1 Å². The second-order valence-corrected chi connectivity index (χ2v) is 5.94. The highest BCUT2D eigenvalue weighted by molar-refractivity contribution is 9.12. The highest BCUT2D eigenvalue weighted by Crippen LogP contribution is 2.30. The molecule has 0 aliphatic heterocycles. The quantitative estimate of drug-likeness (QED) is 0.742. The molecule has 0 N–H and O–H groups in total. The molecule has 2 rings (SSSR count). The van der Waals surface area contributed by atoms with Gasteiger partial charge in [-0.15, -0.1) is 0 Å². The lowest BCUT2D eigenvalue weighted by atomic mass is 10.1. The van der Waals surface area contributed by atoms with Gasteiger partial charge in [0.25, 0.3) is 0 Å². The van der Waals surface area contributed by atoms with Gasteiger partial charge in [0.05, 0.1) is 16.0 Å². The third-order valence-electron chi connectivity index (χ3n) is 2.31. The van der Waals surface area contributed by atoms with Crippen molar-refractivity contribution < 1.29 is 0 Å². The SMILES string of the molecule is CC(Br)C(Br)c1ccc2ccccc2n1. The van der Waals surface area contributed by atoms with Gasteiger partial charge in [0, 0.05) is 10.2 Å². The fourth-order valence-electron chi connectivity index (χ4n) is 1.47. The van der Waals surface area contributed by atoms with Crippen molar-refractivity contribution in [1.82, 2.24) is 4.98 Å². The van der Waals surface area contributed by atoms with Crippen LogP contribution in [0, 0.1) is 0 Å². The Bertz CT molecular complexity index is 468. The zero-order chi connectivity index (χ0) is 10.8. The first-order valence-electron chi connectivity index (χ1n) is 4.82. The van der Waals surface area contributed by atoms with Gasteiger partial charge in [-0.25, -0.2) is 0 Å². The van der Waals surface area contributed by atoms with Crippen molar-refractivity contribution in [3.8, 4) is 0 Å². The molecule has 0 spiro atoms. The summed E-state index contributed by atoms with van der Waals surface area (Å²) in [5.74, 6) is 0. The Balaban J connectivity index is 2.47. The molecule has 1 aromatic heterocycles. The number of pyridine rings is 1. The third kappa shape index (κ3) is 2.40. The minimum atomic E-state index is 0.252. The average Bonchev–Trinajstić information content (AvgIpc) is 2.27. The van der Waals surface area contributed by atoms with Crippen molar-refractivity contribution in [2.75, 3.05) is 0 Å². The van der Waals surface area contributed by atoms with Gasteiger partial charge in [0.15, 0.2) is 0 Å². The average molecular weight is 329 g/mol. The fraction of sp³-hybridized carbons (Fsp3) is 0.250. The Kier molecular flexibility index (Phi) is 3.42. The summed E-state index contributed by atoms with van der Waals surface area (Å²) in [6.07, 6.45) is 0. The van der Waals surface area contributed by atoms with Crippen LogP contribution in [0.4, 0.5) is 0 Å². The summed E-state index contributed by atoms with van der Waals surface area (Å²) in [5, 5.41) is 1.18. The number of rotatable bonds is 2. The Morgan fingerprint density at radius 1 is 1.07 bits per heavy atom. The number of alkyl halides is 2. The largest absolute Gasteiger partial charge is 0.252 e. The topological polar surface area (TPSA) is 12.9 Å². The van der Waals surface area contributed by atoms with Crippen LogP contribution in [0.1, 0.15) is 17.4 Å². The van der Waals surface area contributed by atoms with E-state index in [4.69, 9.17) is 0 Å². The smallest absolute Gasteiger partial charge is 0.0705 e. The van der Waals surface area contributed by atoms with E-state index in [0.29, 0.717) is 4.83 Å². The van der Waals surface area contributed by atoms with Crippen molar-refractivity contribution in [2.45, 2.75) is 16.6 Å². The molecule has 0 radical (unpaired) electrons. The van der Waals surface area contributed by atoms with Crippen LogP contribution in [0.15, 0.2) is 36.4 Å². The molecule has 0 amide bonds. The second kappa shape index (κ2) is 4.62. The molecule has 0 saturated carbocycles. The summed E-state index contributed by atoms with van der Waals surface area (Å²) in [4.78, 5) is 5.24. The molecule has 0 saturated heterocycles. The van der Waals surface area contributed by atoms with Crippen LogP contribution >= 0.6 is 31.9 Å². The lowest BCUT2D eigenvalue weighted by Crippen LogP contribution is -2.03. The van der Waals surface area contributed by atoms with Crippen LogP contribution in [0.25, 0.3) is 10.9 Å². The van der Waals surface area contributed by atoms with Crippen LogP contribution in [0.3, 0.4) is 0 Å². The van der Waals surface area contributed by atoms with Gasteiger partial charge >= 0.3 is 0 Å². The van der Waals surface area contributed by atoms with Crippen molar-refractivity contribution in [3.63, 3.8) is 0 Å². The number of benzene rings is 1. The third-order valence-corrected chi connectivity index (χ3v) is 4.81. The van der Waals surface area contributed by atoms with E-state index in [1.54, 1.807) is 0 Å². The zero-order valence-corrected chi connectivity index (χ0v) is 11.5. The summed E-state index contributed by atoms with van der Waals surface area (Å²) < 4.78 is 0. The predicted octanol–water partition coefficient (Wildman–Crippen LogP) is 4.45. The highest BCUT2D eigenvalue weighted by atomic mass is 79.9. The Labute approximate surface area is 106 Å². The van der Waals surface area contributed by atoms with E-state index in [9.17, 15) is 0 Å². The van der Waals surface area contributed by atoms with E-state index < -0.39 is 0 Å². The van der Waals surface area contributed by atoms with E-state index in [0.717, 1.165) is 11.2 Å². The number of para-hydroxylation sites is 1. The van der Waals surface area contributed by atoms with Crippen LogP contribution in [-0.4, -0.2) is 9.81 Å². The van der Waals surface area contributed by atoms with E-state index >= 15 is 0 Å². The number of fused-ring (bicyclic) bond motifs is 1. The number of aromatic nitrogens is 1. The van der Waals surface area contributed by atoms with Crippen molar-refractivity contribution in [2.24, 2.45) is 0 Å². The van der Waals surface area contributed by atoms with E-state index in [1.807, 2.05) is 18.2 Å². The number of nitrogens with zero attached hydrogens (tertiary/aromatic N) is 1. The van der Waals surface area contributed by atoms with Crippen molar-refractivity contribution >= 4 is 42.8 Å². The molecule has 78 valence electrons. The van der Waals surface area contributed by atoms with Gasteiger partial charge in [-0.1, -0.05) is 63.0 Å². The molecule has 1 aromatic carbocycles. The molecule has 1 heterocycles. The molecule has 15 heavy (non-hydrogen) atoms. The molecule has 2 atom stereocenters. The van der Waals surface area contributed by atoms with Gasteiger partial charge < -0.3 is 0 Å². The first kappa shape index (κ1) is 11.1. The molecule has 0 bridgehead atoms.